The number of hydrogen-bond acceptors (Lipinski definition) is 4. The van der Waals surface area contributed by atoms with Gasteiger partial charge in [0.25, 0.3) is 0 Å². The van der Waals surface area contributed by atoms with Crippen molar-refractivity contribution in [3.05, 3.63) is 28.2 Å². The molecule has 0 aromatic heterocycles. The molecule has 0 bridgehead atoms. The third kappa shape index (κ3) is 6.31. The summed E-state index contributed by atoms with van der Waals surface area (Å²) < 4.78 is 5.30. The molecule has 1 atom stereocenters. The van der Waals surface area contributed by atoms with Crippen LogP contribution in [0.3, 0.4) is 0 Å². The van der Waals surface area contributed by atoms with Crippen molar-refractivity contribution in [2.45, 2.75) is 6.10 Å². The smallest absolute Gasteiger partial charge is 0.233 e. The Balaban J connectivity index is 0.00000324. The molecular formula is C11H15Cl3N2O3. The van der Waals surface area contributed by atoms with Crippen molar-refractivity contribution in [1.29, 1.82) is 0 Å². The van der Waals surface area contributed by atoms with Gasteiger partial charge in [0.15, 0.2) is 0 Å². The number of amides is 1. The summed E-state index contributed by atoms with van der Waals surface area (Å²) in [5.41, 5.74) is 5.10. The van der Waals surface area contributed by atoms with Crippen LogP contribution < -0.4 is 15.8 Å². The van der Waals surface area contributed by atoms with Crippen molar-refractivity contribution >= 4 is 41.5 Å². The van der Waals surface area contributed by atoms with Crippen molar-refractivity contribution in [2.24, 2.45) is 5.73 Å². The molecule has 0 saturated carbocycles. The molecule has 8 heteroatoms. The molecule has 0 aliphatic rings. The van der Waals surface area contributed by atoms with E-state index in [1.165, 1.54) is 0 Å². The lowest BCUT2D eigenvalue weighted by Gasteiger charge is -2.14. The molecule has 0 heterocycles. The number of rotatable bonds is 6. The second kappa shape index (κ2) is 9.23. The molecule has 4 N–H and O–H groups in total. The highest BCUT2D eigenvalue weighted by atomic mass is 35.5. The molecule has 0 spiro atoms. The molecule has 0 radical (unpaired) electrons. The van der Waals surface area contributed by atoms with E-state index in [4.69, 9.17) is 33.7 Å². The Bertz CT molecular complexity index is 418. The maximum Gasteiger partial charge on any atom is 0.233 e. The number of carbonyl (C=O) groups excluding carboxylic acids is 1. The highest BCUT2D eigenvalue weighted by Gasteiger charge is 2.10. The third-order valence-corrected chi connectivity index (χ3v) is 2.87. The van der Waals surface area contributed by atoms with Crippen molar-refractivity contribution in [2.75, 3.05) is 19.7 Å². The molecule has 0 fully saturated rings. The zero-order valence-electron chi connectivity index (χ0n) is 9.94. The quantitative estimate of drug-likeness (QED) is 0.733. The Morgan fingerprint density at radius 1 is 1.47 bits per heavy atom. The summed E-state index contributed by atoms with van der Waals surface area (Å²) in [6.45, 7) is -0.0627. The van der Waals surface area contributed by atoms with E-state index in [2.05, 4.69) is 5.32 Å². The van der Waals surface area contributed by atoms with Crippen LogP contribution in [0.25, 0.3) is 0 Å². The summed E-state index contributed by atoms with van der Waals surface area (Å²) in [6.07, 6.45) is -0.851. The lowest BCUT2D eigenvalue weighted by Crippen LogP contribution is -2.38. The van der Waals surface area contributed by atoms with Gasteiger partial charge >= 0.3 is 0 Å². The first-order chi connectivity index (χ1) is 8.54. The largest absolute Gasteiger partial charge is 0.489 e. The fraction of sp³-hybridized carbons (Fsp3) is 0.364. The van der Waals surface area contributed by atoms with Crippen molar-refractivity contribution in [3.63, 3.8) is 0 Å². The van der Waals surface area contributed by atoms with Crippen LogP contribution in [0, 0.1) is 0 Å². The lowest BCUT2D eigenvalue weighted by atomic mass is 10.3. The van der Waals surface area contributed by atoms with E-state index >= 15 is 0 Å². The Kier molecular flexibility index (Phi) is 8.88. The second-order valence-corrected chi connectivity index (χ2v) is 4.31. The van der Waals surface area contributed by atoms with Crippen LogP contribution >= 0.6 is 35.6 Å². The van der Waals surface area contributed by atoms with Crippen molar-refractivity contribution in [1.82, 2.24) is 5.32 Å². The van der Waals surface area contributed by atoms with Gasteiger partial charge in [-0.1, -0.05) is 29.3 Å². The van der Waals surface area contributed by atoms with Crippen LogP contribution in [-0.4, -0.2) is 36.8 Å². The van der Waals surface area contributed by atoms with E-state index in [0.717, 1.165) is 0 Å². The van der Waals surface area contributed by atoms with Crippen molar-refractivity contribution < 1.29 is 14.6 Å². The monoisotopic (exact) mass is 328 g/mol. The molecule has 108 valence electrons. The van der Waals surface area contributed by atoms with Crippen LogP contribution in [-0.2, 0) is 4.79 Å². The Labute approximate surface area is 127 Å². The number of nitrogens with one attached hydrogen (secondary N) is 1. The lowest BCUT2D eigenvalue weighted by molar-refractivity contribution is -0.120. The predicted molar refractivity (Wildman–Crippen MR) is 77.3 cm³/mol. The van der Waals surface area contributed by atoms with E-state index in [0.29, 0.717) is 10.8 Å². The molecule has 0 aliphatic heterocycles. The zero-order valence-corrected chi connectivity index (χ0v) is 12.3. The van der Waals surface area contributed by atoms with Gasteiger partial charge in [-0.3, -0.25) is 4.79 Å². The van der Waals surface area contributed by atoms with Gasteiger partial charge in [0.2, 0.25) is 5.91 Å². The van der Waals surface area contributed by atoms with Crippen LogP contribution in [0.15, 0.2) is 18.2 Å². The average molecular weight is 330 g/mol. The Hall–Kier alpha value is -0.720. The normalized spacial score (nSPS) is 11.4. The first kappa shape index (κ1) is 18.3. The number of nitrogens with two attached hydrogens (primary N) is 1. The molecule has 5 nitrogen and oxygen atoms in total. The van der Waals surface area contributed by atoms with Gasteiger partial charge in [-0.15, -0.1) is 12.4 Å². The van der Waals surface area contributed by atoms with Gasteiger partial charge in [-0.25, -0.2) is 0 Å². The van der Waals surface area contributed by atoms with Gasteiger partial charge in [0.05, 0.1) is 11.6 Å². The van der Waals surface area contributed by atoms with E-state index in [1.807, 2.05) is 0 Å². The summed E-state index contributed by atoms with van der Waals surface area (Å²) in [7, 11) is 0. The SMILES string of the molecule is Cl.NCC(=O)NCC(O)COc1cccc(Cl)c1Cl. The Morgan fingerprint density at radius 3 is 2.79 bits per heavy atom. The number of benzene rings is 1. The number of hydrogen-bond donors (Lipinski definition) is 3. The van der Waals surface area contributed by atoms with E-state index in [9.17, 15) is 9.90 Å². The van der Waals surface area contributed by atoms with Crippen LogP contribution in [0.1, 0.15) is 0 Å². The van der Waals surface area contributed by atoms with Gasteiger partial charge in [0, 0.05) is 6.54 Å². The summed E-state index contributed by atoms with van der Waals surface area (Å²) in [4.78, 5) is 10.9. The number of aliphatic hydroxyl groups excluding tert-OH is 1. The number of ether oxygens (including phenoxy) is 1. The highest BCUT2D eigenvalue weighted by Crippen LogP contribution is 2.31. The molecule has 0 aliphatic carbocycles. The summed E-state index contributed by atoms with van der Waals surface area (Å²) in [5.74, 6) is 0.0446. The Morgan fingerprint density at radius 2 is 2.16 bits per heavy atom. The minimum absolute atomic E-state index is 0. The van der Waals surface area contributed by atoms with Crippen LogP contribution in [0.4, 0.5) is 0 Å². The fourth-order valence-corrected chi connectivity index (χ4v) is 1.49. The predicted octanol–water partition coefficient (Wildman–Crippen LogP) is 1.23. The first-order valence-electron chi connectivity index (χ1n) is 5.26. The van der Waals surface area contributed by atoms with Gasteiger partial charge in [0.1, 0.15) is 23.5 Å². The molecule has 1 rings (SSSR count). The van der Waals surface area contributed by atoms with Crippen LogP contribution in [0.2, 0.25) is 10.0 Å². The van der Waals surface area contributed by atoms with Gasteiger partial charge in [-0.05, 0) is 12.1 Å². The topological polar surface area (TPSA) is 84.6 Å². The number of halogens is 3. The molecule has 1 aromatic rings. The minimum Gasteiger partial charge on any atom is -0.489 e. The minimum atomic E-state index is -0.851. The van der Waals surface area contributed by atoms with E-state index < -0.39 is 6.10 Å². The average Bonchev–Trinajstić information content (AvgIpc) is 2.37. The zero-order chi connectivity index (χ0) is 13.5. The molecule has 0 saturated heterocycles. The summed E-state index contributed by atoms with van der Waals surface area (Å²) in [6, 6.07) is 4.96. The molecule has 1 unspecified atom stereocenters. The standard InChI is InChI=1S/C11H14Cl2N2O3.ClH/c12-8-2-1-3-9(11(8)13)18-6-7(16)5-15-10(17)4-14;/h1-3,7,16H,4-6,14H2,(H,15,17);1H. The van der Waals surface area contributed by atoms with Crippen molar-refractivity contribution in [3.8, 4) is 5.75 Å². The molecule has 1 aromatic carbocycles. The molecular weight excluding hydrogens is 314 g/mol. The number of carbonyl (C=O) groups is 1. The van der Waals surface area contributed by atoms with Gasteiger partial charge < -0.3 is 20.9 Å². The fourth-order valence-electron chi connectivity index (χ4n) is 1.14. The second-order valence-electron chi connectivity index (χ2n) is 3.52. The summed E-state index contributed by atoms with van der Waals surface area (Å²) in [5, 5.41) is 12.7. The summed E-state index contributed by atoms with van der Waals surface area (Å²) >= 11 is 11.7. The first-order valence-corrected chi connectivity index (χ1v) is 6.01. The van der Waals surface area contributed by atoms with E-state index in [-0.39, 0.29) is 43.0 Å². The highest BCUT2D eigenvalue weighted by molar-refractivity contribution is 6.42. The molecule has 1 amide bonds. The maximum atomic E-state index is 10.9. The number of aliphatic hydroxyl groups is 1. The van der Waals surface area contributed by atoms with Gasteiger partial charge in [-0.2, -0.15) is 0 Å². The van der Waals surface area contributed by atoms with E-state index in [1.54, 1.807) is 18.2 Å². The van der Waals surface area contributed by atoms with Crippen LogP contribution in [0.5, 0.6) is 5.75 Å². The third-order valence-electron chi connectivity index (χ3n) is 2.07. The molecule has 19 heavy (non-hydrogen) atoms. The maximum absolute atomic E-state index is 10.9.